The van der Waals surface area contributed by atoms with E-state index in [1.807, 2.05) is 0 Å². The highest BCUT2D eigenvalue weighted by atomic mass is 35.5. The Morgan fingerprint density at radius 1 is 0.871 bits per heavy atom. The molecule has 0 radical (unpaired) electrons. The van der Waals surface area contributed by atoms with E-state index >= 15 is 0 Å². The van der Waals surface area contributed by atoms with Gasteiger partial charge in [0, 0.05) is 28.0 Å². The minimum Gasteiger partial charge on any atom is -0.346 e. The third kappa shape index (κ3) is 6.07. The second kappa shape index (κ2) is 10.3. The number of carbonyl (C=O) groups is 2. The lowest BCUT2D eigenvalue weighted by atomic mass is 10.2. The molecule has 3 rings (SSSR count). The van der Waals surface area contributed by atoms with Crippen LogP contribution in [0.3, 0.4) is 0 Å². The van der Waals surface area contributed by atoms with Crippen molar-refractivity contribution in [3.05, 3.63) is 86.5 Å². The number of hydrogen-bond donors (Lipinski definition) is 2. The normalized spacial score (nSPS) is 12.2. The van der Waals surface area contributed by atoms with Crippen molar-refractivity contribution in [3.8, 4) is 0 Å². The van der Waals surface area contributed by atoms with Gasteiger partial charge in [-0.2, -0.15) is 0 Å². The molecule has 0 aliphatic heterocycles. The molecular formula is C21H18Cl2N2O4S2. The number of nitrogens with one attached hydrogen (secondary N) is 2. The Morgan fingerprint density at radius 3 is 2.03 bits per heavy atom. The van der Waals surface area contributed by atoms with Crippen molar-refractivity contribution in [3.63, 3.8) is 0 Å². The fraction of sp³-hybridized carbons (Fsp3) is 0.143. The molecular weight excluding hydrogens is 479 g/mol. The molecule has 0 spiro atoms. The van der Waals surface area contributed by atoms with Crippen LogP contribution in [-0.4, -0.2) is 26.8 Å². The summed E-state index contributed by atoms with van der Waals surface area (Å²) in [5.41, 5.74) is 0.771. The van der Waals surface area contributed by atoms with E-state index in [1.165, 1.54) is 35.6 Å². The maximum Gasteiger partial charge on any atom is 0.309 e. The highest BCUT2D eigenvalue weighted by Gasteiger charge is 2.31. The molecule has 1 heterocycles. The zero-order valence-corrected chi connectivity index (χ0v) is 19.2. The number of amides is 2. The largest absolute Gasteiger partial charge is 0.346 e. The van der Waals surface area contributed by atoms with Crippen LogP contribution in [0.25, 0.3) is 0 Å². The summed E-state index contributed by atoms with van der Waals surface area (Å²) in [5.74, 6) is -1.77. The quantitative estimate of drug-likeness (QED) is 0.483. The molecule has 1 atom stereocenters. The van der Waals surface area contributed by atoms with Gasteiger partial charge in [-0.05, 0) is 53.4 Å². The molecule has 0 aliphatic carbocycles. The Bertz CT molecular complexity index is 1150. The molecule has 162 valence electrons. The summed E-state index contributed by atoms with van der Waals surface area (Å²) in [6.45, 7) is -0.112. The maximum absolute atomic E-state index is 13.2. The smallest absolute Gasteiger partial charge is 0.309 e. The Hall–Kier alpha value is -2.39. The topological polar surface area (TPSA) is 92.3 Å². The van der Waals surface area contributed by atoms with Gasteiger partial charge in [0.25, 0.3) is 0 Å². The molecule has 0 saturated carbocycles. The number of sulfone groups is 1. The average molecular weight is 497 g/mol. The first-order chi connectivity index (χ1) is 14.8. The summed E-state index contributed by atoms with van der Waals surface area (Å²) in [4.78, 5) is 25.0. The van der Waals surface area contributed by atoms with Crippen molar-refractivity contribution < 1.29 is 18.0 Å². The fourth-order valence-corrected chi connectivity index (χ4v) is 5.79. The van der Waals surface area contributed by atoms with Gasteiger partial charge in [-0.1, -0.05) is 41.4 Å². The van der Waals surface area contributed by atoms with Gasteiger partial charge >= 0.3 is 11.8 Å². The van der Waals surface area contributed by atoms with E-state index in [4.69, 9.17) is 23.2 Å². The Kier molecular flexibility index (Phi) is 7.72. The Balaban J connectivity index is 1.68. The van der Waals surface area contributed by atoms with E-state index in [2.05, 4.69) is 10.6 Å². The van der Waals surface area contributed by atoms with Gasteiger partial charge in [0.15, 0.2) is 9.84 Å². The summed E-state index contributed by atoms with van der Waals surface area (Å²) in [6.07, 6.45) is 0. The minimum absolute atomic E-state index is 0.0803. The summed E-state index contributed by atoms with van der Waals surface area (Å²) < 4.78 is 26.3. The molecule has 2 aromatic carbocycles. The van der Waals surface area contributed by atoms with Gasteiger partial charge in [0.1, 0.15) is 5.25 Å². The molecule has 2 N–H and O–H groups in total. The maximum atomic E-state index is 13.2. The molecule has 2 amide bonds. The van der Waals surface area contributed by atoms with Crippen molar-refractivity contribution in [2.24, 2.45) is 0 Å². The van der Waals surface area contributed by atoms with Crippen LogP contribution in [0.2, 0.25) is 10.0 Å². The van der Waals surface area contributed by atoms with Gasteiger partial charge in [-0.25, -0.2) is 8.42 Å². The molecule has 0 unspecified atom stereocenters. The van der Waals surface area contributed by atoms with E-state index < -0.39 is 26.9 Å². The van der Waals surface area contributed by atoms with E-state index in [0.717, 1.165) is 5.56 Å². The molecule has 0 aliphatic rings. The molecule has 10 heteroatoms. The summed E-state index contributed by atoms with van der Waals surface area (Å²) >= 11 is 12.9. The van der Waals surface area contributed by atoms with E-state index in [9.17, 15) is 18.0 Å². The molecule has 3 aromatic rings. The first kappa shape index (κ1) is 23.3. The highest BCUT2D eigenvalue weighted by molar-refractivity contribution is 7.91. The number of halogens is 2. The first-order valence-corrected chi connectivity index (χ1v) is 12.3. The van der Waals surface area contributed by atoms with Crippen LogP contribution in [0.15, 0.2) is 70.9 Å². The monoisotopic (exact) mass is 496 g/mol. The Labute approximate surface area is 194 Å². The number of benzene rings is 2. The van der Waals surface area contributed by atoms with Crippen molar-refractivity contribution in [2.75, 3.05) is 6.54 Å². The van der Waals surface area contributed by atoms with Crippen LogP contribution in [-0.2, 0) is 26.0 Å². The molecule has 0 fully saturated rings. The zero-order valence-electron chi connectivity index (χ0n) is 16.0. The third-order valence-corrected chi connectivity index (χ3v) is 8.14. The van der Waals surface area contributed by atoms with Crippen molar-refractivity contribution >= 4 is 56.2 Å². The standard InChI is InChI=1S/C21H18Cl2N2O4S2/c22-15-5-3-14(4-6-15)12-24-20(26)21(27)25-13-19(18-2-1-11-30-18)31(28,29)17-9-7-16(23)8-10-17/h1-11,19H,12-13H2,(H,24,26)(H,25,27)/t19-/m0/s1. The van der Waals surface area contributed by atoms with Crippen LogP contribution < -0.4 is 10.6 Å². The second-order valence-corrected chi connectivity index (χ2v) is 10.5. The zero-order chi connectivity index (χ0) is 22.4. The van der Waals surface area contributed by atoms with Gasteiger partial charge in [0.2, 0.25) is 0 Å². The van der Waals surface area contributed by atoms with Crippen LogP contribution in [0.4, 0.5) is 0 Å². The van der Waals surface area contributed by atoms with Crippen LogP contribution in [0.5, 0.6) is 0 Å². The lowest BCUT2D eigenvalue weighted by Crippen LogP contribution is -2.42. The SMILES string of the molecule is O=C(NCc1ccc(Cl)cc1)C(=O)NC[C@@H](c1cccs1)S(=O)(=O)c1ccc(Cl)cc1. The van der Waals surface area contributed by atoms with Crippen molar-refractivity contribution in [1.82, 2.24) is 10.6 Å². The van der Waals surface area contributed by atoms with Gasteiger partial charge in [0.05, 0.1) is 4.90 Å². The number of hydrogen-bond acceptors (Lipinski definition) is 5. The average Bonchev–Trinajstić information content (AvgIpc) is 3.27. The van der Waals surface area contributed by atoms with Crippen LogP contribution in [0, 0.1) is 0 Å². The predicted molar refractivity (Wildman–Crippen MR) is 122 cm³/mol. The predicted octanol–water partition coefficient (Wildman–Crippen LogP) is 4.00. The first-order valence-electron chi connectivity index (χ1n) is 9.10. The van der Waals surface area contributed by atoms with Gasteiger partial charge < -0.3 is 10.6 Å². The molecule has 0 bridgehead atoms. The molecule has 1 aromatic heterocycles. The van der Waals surface area contributed by atoms with E-state index in [-0.39, 0.29) is 18.0 Å². The molecule has 31 heavy (non-hydrogen) atoms. The van der Waals surface area contributed by atoms with Gasteiger partial charge in [-0.15, -0.1) is 11.3 Å². The summed E-state index contributed by atoms with van der Waals surface area (Å²) in [5, 5.41) is 6.62. The van der Waals surface area contributed by atoms with Crippen LogP contribution >= 0.6 is 34.5 Å². The van der Waals surface area contributed by atoms with E-state index in [1.54, 1.807) is 41.8 Å². The number of thiophene rings is 1. The highest BCUT2D eigenvalue weighted by Crippen LogP contribution is 2.31. The number of rotatable bonds is 7. The summed E-state index contributed by atoms with van der Waals surface area (Å²) in [7, 11) is -3.83. The fourth-order valence-electron chi connectivity index (χ4n) is 2.76. The molecule has 6 nitrogen and oxygen atoms in total. The van der Waals surface area contributed by atoms with Crippen molar-refractivity contribution in [2.45, 2.75) is 16.7 Å². The summed E-state index contributed by atoms with van der Waals surface area (Å²) in [6, 6.07) is 16.0. The lowest BCUT2D eigenvalue weighted by Gasteiger charge is -2.17. The lowest BCUT2D eigenvalue weighted by molar-refractivity contribution is -0.139. The van der Waals surface area contributed by atoms with Crippen molar-refractivity contribution in [1.29, 1.82) is 0 Å². The van der Waals surface area contributed by atoms with Crippen LogP contribution in [0.1, 0.15) is 15.7 Å². The number of carbonyl (C=O) groups excluding carboxylic acids is 2. The third-order valence-electron chi connectivity index (χ3n) is 4.40. The van der Waals surface area contributed by atoms with E-state index in [0.29, 0.717) is 14.9 Å². The molecule has 0 saturated heterocycles. The second-order valence-electron chi connectivity index (χ2n) is 6.52. The Morgan fingerprint density at radius 2 is 1.45 bits per heavy atom. The van der Waals surface area contributed by atoms with Gasteiger partial charge in [-0.3, -0.25) is 9.59 Å². The minimum atomic E-state index is -3.83.